The smallest absolute Gasteiger partial charge is 0.0247 e. The van der Waals surface area contributed by atoms with Gasteiger partial charge in [-0.05, 0) is 36.8 Å². The average molecular weight is 244 g/mol. The largest absolute Gasteiger partial charge is 0.326 e. The van der Waals surface area contributed by atoms with Crippen LogP contribution in [0.2, 0.25) is 0 Å². The van der Waals surface area contributed by atoms with E-state index in [1.807, 2.05) is 0 Å². The Kier molecular flexibility index (Phi) is 3.67. The Bertz CT molecular complexity index is 375. The number of hydrogen-bond donors (Lipinski definition) is 1. The van der Waals surface area contributed by atoms with Gasteiger partial charge in [0, 0.05) is 25.2 Å². The van der Waals surface area contributed by atoms with Crippen LogP contribution < -0.4 is 5.73 Å². The van der Waals surface area contributed by atoms with Crippen molar-refractivity contribution in [3.8, 4) is 0 Å². The van der Waals surface area contributed by atoms with E-state index in [0.29, 0.717) is 12.1 Å². The van der Waals surface area contributed by atoms with E-state index in [1.165, 1.54) is 51.6 Å². The molecule has 0 saturated heterocycles. The zero-order valence-corrected chi connectivity index (χ0v) is 11.1. The van der Waals surface area contributed by atoms with Crippen molar-refractivity contribution in [2.75, 3.05) is 13.1 Å². The highest BCUT2D eigenvalue weighted by Crippen LogP contribution is 2.24. The van der Waals surface area contributed by atoms with Crippen molar-refractivity contribution in [1.82, 2.24) is 4.90 Å². The van der Waals surface area contributed by atoms with Gasteiger partial charge in [-0.1, -0.05) is 37.1 Å². The molecule has 2 atom stereocenters. The third-order valence-corrected chi connectivity index (χ3v) is 4.71. The van der Waals surface area contributed by atoms with Crippen LogP contribution in [-0.2, 0) is 12.8 Å². The summed E-state index contributed by atoms with van der Waals surface area (Å²) in [5.74, 6) is 0. The quantitative estimate of drug-likeness (QED) is 0.821. The number of benzene rings is 1. The standard InChI is InChI=1S/C16H24N2/c17-15-7-3-4-8-16(15)18-11-9-13-5-1-2-6-14(13)10-12-18/h1-2,5-6,15-16H,3-4,7-12,17H2. The van der Waals surface area contributed by atoms with E-state index in [0.717, 1.165) is 0 Å². The molecule has 2 aliphatic rings. The first kappa shape index (κ1) is 12.2. The Morgan fingerprint density at radius 2 is 1.56 bits per heavy atom. The predicted octanol–water partition coefficient (Wildman–Crippen LogP) is 2.36. The van der Waals surface area contributed by atoms with Crippen LogP contribution in [0.3, 0.4) is 0 Å². The second-order valence-electron chi connectivity index (χ2n) is 5.82. The number of fused-ring (bicyclic) bond motifs is 1. The molecule has 2 heteroatoms. The van der Waals surface area contributed by atoms with E-state index in [9.17, 15) is 0 Å². The molecule has 18 heavy (non-hydrogen) atoms. The molecule has 0 aromatic heterocycles. The molecule has 1 aliphatic carbocycles. The summed E-state index contributed by atoms with van der Waals surface area (Å²) in [6.07, 6.45) is 7.60. The lowest BCUT2D eigenvalue weighted by Crippen LogP contribution is -2.50. The van der Waals surface area contributed by atoms with Crippen LogP contribution in [0.15, 0.2) is 24.3 Å². The van der Waals surface area contributed by atoms with E-state index < -0.39 is 0 Å². The monoisotopic (exact) mass is 244 g/mol. The molecule has 0 radical (unpaired) electrons. The van der Waals surface area contributed by atoms with Crippen molar-refractivity contribution in [2.24, 2.45) is 5.73 Å². The normalized spacial score (nSPS) is 29.6. The van der Waals surface area contributed by atoms with Gasteiger partial charge in [-0.15, -0.1) is 0 Å². The maximum Gasteiger partial charge on any atom is 0.0247 e. The van der Waals surface area contributed by atoms with Crippen molar-refractivity contribution in [1.29, 1.82) is 0 Å². The first-order valence-electron chi connectivity index (χ1n) is 7.41. The first-order valence-corrected chi connectivity index (χ1v) is 7.41. The minimum absolute atomic E-state index is 0.403. The fourth-order valence-corrected chi connectivity index (χ4v) is 3.61. The van der Waals surface area contributed by atoms with Crippen LogP contribution in [0, 0.1) is 0 Å². The highest BCUT2D eigenvalue weighted by molar-refractivity contribution is 5.28. The van der Waals surface area contributed by atoms with Crippen LogP contribution in [0.1, 0.15) is 36.8 Å². The summed E-state index contributed by atoms with van der Waals surface area (Å²) in [6, 6.07) is 9.95. The van der Waals surface area contributed by atoms with Gasteiger partial charge in [-0.3, -0.25) is 4.90 Å². The molecule has 1 heterocycles. The molecule has 0 spiro atoms. The Hall–Kier alpha value is -0.860. The van der Waals surface area contributed by atoms with Crippen LogP contribution in [0.25, 0.3) is 0 Å². The minimum Gasteiger partial charge on any atom is -0.326 e. The second kappa shape index (κ2) is 5.41. The van der Waals surface area contributed by atoms with Gasteiger partial charge in [0.05, 0.1) is 0 Å². The SMILES string of the molecule is NC1CCCCC1N1CCc2ccccc2CC1. The molecule has 1 aromatic carbocycles. The highest BCUT2D eigenvalue weighted by atomic mass is 15.2. The van der Waals surface area contributed by atoms with Crippen molar-refractivity contribution in [3.05, 3.63) is 35.4 Å². The summed E-state index contributed by atoms with van der Waals surface area (Å²) in [7, 11) is 0. The van der Waals surface area contributed by atoms with Crippen molar-refractivity contribution < 1.29 is 0 Å². The zero-order valence-electron chi connectivity index (χ0n) is 11.1. The molecule has 1 aromatic rings. The fraction of sp³-hybridized carbons (Fsp3) is 0.625. The molecule has 0 bridgehead atoms. The topological polar surface area (TPSA) is 29.3 Å². The van der Waals surface area contributed by atoms with E-state index >= 15 is 0 Å². The molecular formula is C16H24N2. The summed E-state index contributed by atoms with van der Waals surface area (Å²) in [4.78, 5) is 2.66. The van der Waals surface area contributed by atoms with Crippen LogP contribution in [-0.4, -0.2) is 30.1 Å². The second-order valence-corrected chi connectivity index (χ2v) is 5.82. The summed E-state index contributed by atoms with van der Waals surface area (Å²) < 4.78 is 0. The minimum atomic E-state index is 0.403. The molecule has 3 rings (SSSR count). The number of nitrogens with zero attached hydrogens (tertiary/aromatic N) is 1. The highest BCUT2D eigenvalue weighted by Gasteiger charge is 2.28. The summed E-state index contributed by atoms with van der Waals surface area (Å²) in [5.41, 5.74) is 9.42. The van der Waals surface area contributed by atoms with Crippen molar-refractivity contribution in [3.63, 3.8) is 0 Å². The van der Waals surface area contributed by atoms with Gasteiger partial charge < -0.3 is 5.73 Å². The van der Waals surface area contributed by atoms with E-state index in [2.05, 4.69) is 29.2 Å². The number of hydrogen-bond acceptors (Lipinski definition) is 2. The first-order chi connectivity index (χ1) is 8.84. The molecule has 1 aliphatic heterocycles. The van der Waals surface area contributed by atoms with Gasteiger partial charge in [0.15, 0.2) is 0 Å². The molecule has 2 N–H and O–H groups in total. The Morgan fingerprint density at radius 3 is 2.17 bits per heavy atom. The van der Waals surface area contributed by atoms with E-state index in [4.69, 9.17) is 5.73 Å². The zero-order chi connectivity index (χ0) is 12.4. The van der Waals surface area contributed by atoms with Gasteiger partial charge in [0.25, 0.3) is 0 Å². The van der Waals surface area contributed by atoms with Crippen molar-refractivity contribution >= 4 is 0 Å². The fourth-order valence-electron chi connectivity index (χ4n) is 3.61. The van der Waals surface area contributed by atoms with Gasteiger partial charge >= 0.3 is 0 Å². The third-order valence-electron chi connectivity index (χ3n) is 4.71. The van der Waals surface area contributed by atoms with E-state index in [-0.39, 0.29) is 0 Å². The lowest BCUT2D eigenvalue weighted by molar-refractivity contribution is 0.143. The number of rotatable bonds is 1. The Labute approximate surface area is 110 Å². The van der Waals surface area contributed by atoms with E-state index in [1.54, 1.807) is 11.1 Å². The van der Waals surface area contributed by atoms with Crippen LogP contribution >= 0.6 is 0 Å². The molecule has 0 amide bonds. The molecule has 2 nitrogen and oxygen atoms in total. The summed E-state index contributed by atoms with van der Waals surface area (Å²) in [6.45, 7) is 2.38. The van der Waals surface area contributed by atoms with Gasteiger partial charge in [0.1, 0.15) is 0 Å². The predicted molar refractivity (Wildman–Crippen MR) is 75.7 cm³/mol. The van der Waals surface area contributed by atoms with Gasteiger partial charge in [-0.2, -0.15) is 0 Å². The Morgan fingerprint density at radius 1 is 0.944 bits per heavy atom. The maximum atomic E-state index is 6.32. The average Bonchev–Trinajstić information content (AvgIpc) is 2.62. The lowest BCUT2D eigenvalue weighted by atomic mass is 9.89. The van der Waals surface area contributed by atoms with Crippen molar-refractivity contribution in [2.45, 2.75) is 50.6 Å². The molecule has 1 saturated carbocycles. The summed E-state index contributed by atoms with van der Waals surface area (Å²) in [5, 5.41) is 0. The van der Waals surface area contributed by atoms with Gasteiger partial charge in [-0.25, -0.2) is 0 Å². The van der Waals surface area contributed by atoms with Crippen LogP contribution in [0.5, 0.6) is 0 Å². The number of nitrogens with two attached hydrogens (primary N) is 1. The summed E-state index contributed by atoms with van der Waals surface area (Å²) >= 11 is 0. The molecule has 98 valence electrons. The lowest BCUT2D eigenvalue weighted by Gasteiger charge is -2.37. The van der Waals surface area contributed by atoms with Crippen LogP contribution in [0.4, 0.5) is 0 Å². The third kappa shape index (κ3) is 2.45. The maximum absolute atomic E-state index is 6.32. The molecular weight excluding hydrogens is 220 g/mol. The molecule has 2 unspecified atom stereocenters. The Balaban J connectivity index is 1.70. The van der Waals surface area contributed by atoms with Gasteiger partial charge in [0.2, 0.25) is 0 Å². The molecule has 1 fully saturated rings.